The number of hydrogen-bond acceptors (Lipinski definition) is 12. The summed E-state index contributed by atoms with van der Waals surface area (Å²) < 4.78 is 0. The summed E-state index contributed by atoms with van der Waals surface area (Å²) in [6.45, 7) is -4.26. The zero-order valence-electron chi connectivity index (χ0n) is 27.5. The molecule has 12 nitrogen and oxygen atoms in total. The lowest BCUT2D eigenvalue weighted by atomic mass is 9.54. The summed E-state index contributed by atoms with van der Waals surface area (Å²) in [5.74, 6) is -1.03. The highest BCUT2D eigenvalue weighted by Crippen LogP contribution is 2.56. The van der Waals surface area contributed by atoms with E-state index in [9.17, 15) is 61.3 Å². The van der Waals surface area contributed by atoms with Gasteiger partial charge < -0.3 is 61.3 Å². The number of aliphatic hydroxyl groups is 8. The molecule has 1 aliphatic carbocycles. The second kappa shape index (κ2) is 14.9. The van der Waals surface area contributed by atoms with E-state index >= 15 is 0 Å². The van der Waals surface area contributed by atoms with E-state index in [0.717, 1.165) is 0 Å². The predicted octanol–water partition coefficient (Wildman–Crippen LogP) is 2.29. The molecule has 4 aromatic carbocycles. The monoisotopic (exact) mass is 692 g/mol. The van der Waals surface area contributed by atoms with Crippen LogP contribution in [0.1, 0.15) is 92.4 Å². The van der Waals surface area contributed by atoms with Crippen molar-refractivity contribution in [2.45, 2.75) is 89.4 Å². The fourth-order valence-electron chi connectivity index (χ4n) is 7.70. The van der Waals surface area contributed by atoms with Crippen molar-refractivity contribution in [3.8, 4) is 23.0 Å². The summed E-state index contributed by atoms with van der Waals surface area (Å²) in [6, 6.07) is 13.1. The first-order valence-electron chi connectivity index (χ1n) is 16.3. The molecule has 12 heteroatoms. The van der Waals surface area contributed by atoms with Crippen molar-refractivity contribution in [1.29, 1.82) is 0 Å². The smallest absolute Gasteiger partial charge is 0.126 e. The van der Waals surface area contributed by atoms with Gasteiger partial charge in [-0.1, -0.05) is 0 Å². The van der Waals surface area contributed by atoms with Gasteiger partial charge in [0, 0.05) is 55.3 Å². The molecule has 12 N–H and O–H groups in total. The Balaban J connectivity index is 1.82. The first-order valence-corrected chi connectivity index (χ1v) is 16.3. The normalized spacial score (nSPS) is 15.4. The van der Waals surface area contributed by atoms with Crippen LogP contribution in [0.2, 0.25) is 0 Å². The van der Waals surface area contributed by atoms with Gasteiger partial charge in [-0.3, -0.25) is 0 Å². The maximum atomic E-state index is 10.7. The van der Waals surface area contributed by atoms with Crippen molar-refractivity contribution in [3.05, 3.63) is 115 Å². The fraction of sp³-hybridized carbons (Fsp3) is 0.368. The molecule has 5 rings (SSSR count). The van der Waals surface area contributed by atoms with E-state index in [1.54, 1.807) is 48.5 Å². The van der Waals surface area contributed by atoms with E-state index in [2.05, 4.69) is 0 Å². The standard InChI is InChI=1S/C38H44O12/c39-13-21-5-29(6-22(14-40)33(21)47)37(30-7-23(15-41)34(48)24(8-30)16-42)1-2-38(4-3-37,31-9-25(17-43)35(49)26(10-31)18-44)32-11-27(19-45)36(50)28(12-32)20-46/h5-12,39-50H,1-4,13-20H2. The minimum atomic E-state index is -0.973. The number of rotatable bonds is 12. The summed E-state index contributed by atoms with van der Waals surface area (Å²) in [4.78, 5) is 0. The number of phenols is 4. The SMILES string of the molecule is OCc1cc(C2(c3cc(CO)c(O)c(CO)c3)CCC(c3cc(CO)c(O)c(CO)c3)(c3cc(CO)c(O)c(CO)c3)CC2)cc(CO)c1O. The lowest BCUT2D eigenvalue weighted by Crippen LogP contribution is -2.42. The van der Waals surface area contributed by atoms with Gasteiger partial charge in [0.15, 0.2) is 0 Å². The first kappa shape index (κ1) is 37.0. The van der Waals surface area contributed by atoms with Crippen LogP contribution in [0.4, 0.5) is 0 Å². The van der Waals surface area contributed by atoms with E-state index in [-0.39, 0.29) is 67.5 Å². The predicted molar refractivity (Wildman–Crippen MR) is 180 cm³/mol. The van der Waals surface area contributed by atoms with Crippen LogP contribution in [0.15, 0.2) is 48.5 Å². The molecule has 268 valence electrons. The van der Waals surface area contributed by atoms with Crippen LogP contribution in [0.3, 0.4) is 0 Å². The Morgan fingerprint density at radius 2 is 0.440 bits per heavy atom. The maximum Gasteiger partial charge on any atom is 0.126 e. The van der Waals surface area contributed by atoms with Gasteiger partial charge in [-0.05, 0) is 96.5 Å². The minimum Gasteiger partial charge on any atom is -0.507 e. The van der Waals surface area contributed by atoms with Gasteiger partial charge in [0.2, 0.25) is 0 Å². The van der Waals surface area contributed by atoms with Crippen LogP contribution in [0, 0.1) is 0 Å². The number of hydrogen-bond donors (Lipinski definition) is 12. The van der Waals surface area contributed by atoms with Crippen LogP contribution in [0.5, 0.6) is 23.0 Å². The molecular weight excluding hydrogens is 648 g/mol. The van der Waals surface area contributed by atoms with Crippen LogP contribution >= 0.6 is 0 Å². The van der Waals surface area contributed by atoms with Crippen LogP contribution in [-0.2, 0) is 63.7 Å². The third kappa shape index (κ3) is 6.18. The summed E-state index contributed by atoms with van der Waals surface area (Å²) in [7, 11) is 0. The third-order valence-corrected chi connectivity index (χ3v) is 10.6. The summed E-state index contributed by atoms with van der Waals surface area (Å²) in [6.07, 6.45) is 1.17. The third-order valence-electron chi connectivity index (χ3n) is 10.6. The second-order valence-electron chi connectivity index (χ2n) is 13.0. The van der Waals surface area contributed by atoms with Crippen molar-refractivity contribution in [2.24, 2.45) is 0 Å². The van der Waals surface area contributed by atoms with Crippen molar-refractivity contribution >= 4 is 0 Å². The molecule has 0 aromatic heterocycles. The lowest BCUT2D eigenvalue weighted by Gasteiger charge is -2.49. The lowest BCUT2D eigenvalue weighted by molar-refractivity contribution is 0.240. The molecule has 50 heavy (non-hydrogen) atoms. The van der Waals surface area contributed by atoms with Gasteiger partial charge in [0.05, 0.1) is 52.9 Å². The molecular formula is C38H44O12. The molecule has 0 heterocycles. The van der Waals surface area contributed by atoms with Crippen molar-refractivity contribution < 1.29 is 61.3 Å². The van der Waals surface area contributed by atoms with Gasteiger partial charge in [-0.2, -0.15) is 0 Å². The highest BCUT2D eigenvalue weighted by Gasteiger charge is 2.48. The van der Waals surface area contributed by atoms with Crippen LogP contribution < -0.4 is 0 Å². The van der Waals surface area contributed by atoms with Gasteiger partial charge in [0.25, 0.3) is 0 Å². The largest absolute Gasteiger partial charge is 0.507 e. The molecule has 0 unspecified atom stereocenters. The summed E-state index contributed by atoms with van der Waals surface area (Å²) in [5.41, 5.74) is 1.83. The molecule has 1 fully saturated rings. The van der Waals surface area contributed by atoms with E-state index < -0.39 is 63.7 Å². The Labute approximate surface area is 288 Å². The second-order valence-corrected chi connectivity index (χ2v) is 13.0. The van der Waals surface area contributed by atoms with Gasteiger partial charge in [0.1, 0.15) is 23.0 Å². The number of aromatic hydroxyl groups is 4. The van der Waals surface area contributed by atoms with Crippen molar-refractivity contribution in [2.75, 3.05) is 0 Å². The molecule has 0 amide bonds. The Morgan fingerprint density at radius 1 is 0.300 bits per heavy atom. The van der Waals surface area contributed by atoms with E-state index in [1.807, 2.05) is 0 Å². The zero-order valence-corrected chi connectivity index (χ0v) is 27.5. The Hall–Kier alpha value is -4.24. The zero-order chi connectivity index (χ0) is 36.4. The Kier molecular flexibility index (Phi) is 11.1. The van der Waals surface area contributed by atoms with Gasteiger partial charge in [-0.15, -0.1) is 0 Å². The van der Waals surface area contributed by atoms with Crippen molar-refractivity contribution in [1.82, 2.24) is 0 Å². The minimum absolute atomic E-state index is 0.170. The highest BCUT2D eigenvalue weighted by atomic mass is 16.3. The van der Waals surface area contributed by atoms with Crippen LogP contribution in [-0.4, -0.2) is 61.3 Å². The molecule has 1 aliphatic rings. The number of aliphatic hydroxyl groups excluding tert-OH is 8. The molecule has 0 radical (unpaired) electrons. The molecule has 0 spiro atoms. The summed E-state index contributed by atoms with van der Waals surface area (Å²) in [5, 5.41) is 124. The molecule has 0 atom stereocenters. The molecule has 4 aromatic rings. The van der Waals surface area contributed by atoms with Crippen LogP contribution in [0.25, 0.3) is 0 Å². The molecule has 0 aliphatic heterocycles. The first-order chi connectivity index (χ1) is 24.0. The molecule has 1 saturated carbocycles. The maximum absolute atomic E-state index is 10.7. The van der Waals surface area contributed by atoms with Crippen molar-refractivity contribution in [3.63, 3.8) is 0 Å². The Morgan fingerprint density at radius 3 is 0.560 bits per heavy atom. The quantitative estimate of drug-likeness (QED) is 0.102. The topological polar surface area (TPSA) is 243 Å². The fourth-order valence-corrected chi connectivity index (χ4v) is 7.70. The average Bonchev–Trinajstić information content (AvgIpc) is 3.15. The molecule has 0 saturated heterocycles. The Bertz CT molecular complexity index is 1500. The molecule has 0 bridgehead atoms. The number of benzene rings is 4. The summed E-state index contributed by atoms with van der Waals surface area (Å²) >= 11 is 0. The van der Waals surface area contributed by atoms with E-state index in [0.29, 0.717) is 47.9 Å². The van der Waals surface area contributed by atoms with Gasteiger partial charge >= 0.3 is 0 Å². The highest BCUT2D eigenvalue weighted by molar-refractivity contribution is 5.57. The average molecular weight is 693 g/mol. The van der Waals surface area contributed by atoms with Gasteiger partial charge in [-0.25, -0.2) is 0 Å². The van der Waals surface area contributed by atoms with E-state index in [1.165, 1.54) is 0 Å². The van der Waals surface area contributed by atoms with E-state index in [4.69, 9.17) is 0 Å².